The maximum Gasteiger partial charge on any atom is 0.00414 e. The van der Waals surface area contributed by atoms with Gasteiger partial charge in [-0.25, -0.2) is 0 Å². The van der Waals surface area contributed by atoms with E-state index in [9.17, 15) is 0 Å². The highest BCUT2D eigenvalue weighted by Gasteiger charge is 2.34. The fourth-order valence-electron chi connectivity index (χ4n) is 1.08. The van der Waals surface area contributed by atoms with Crippen LogP contribution in [0.25, 0.3) is 0 Å². The average molecular weight is 136 g/mol. The van der Waals surface area contributed by atoms with E-state index in [1.165, 1.54) is 6.42 Å². The largest absolute Gasteiger partial charge is 0.328 e. The van der Waals surface area contributed by atoms with E-state index in [2.05, 4.69) is 13.8 Å². The molecule has 1 fully saturated rings. The van der Waals surface area contributed by atoms with Crippen LogP contribution in [0.1, 0.15) is 20.3 Å². The fraction of sp³-hybridized carbons (Fsp3) is 1.00. The summed E-state index contributed by atoms with van der Waals surface area (Å²) in [5.41, 5.74) is 5.59. The van der Waals surface area contributed by atoms with E-state index in [1.807, 2.05) is 0 Å². The molecule has 0 aliphatic heterocycles. The molecule has 0 aromatic carbocycles. The first-order valence-electron chi connectivity index (χ1n) is 2.97. The second-order valence-corrected chi connectivity index (χ2v) is 2.74. The summed E-state index contributed by atoms with van der Waals surface area (Å²) in [6.45, 7) is 4.35. The lowest BCUT2D eigenvalue weighted by Gasteiger charge is -1.97. The molecule has 0 aromatic heterocycles. The molecular weight excluding hydrogens is 122 g/mol. The number of hydrogen-bond acceptors (Lipinski definition) is 1. The van der Waals surface area contributed by atoms with Gasteiger partial charge in [0.25, 0.3) is 0 Å². The highest BCUT2D eigenvalue weighted by molar-refractivity contribution is 5.85. The molecule has 0 unspecified atom stereocenters. The van der Waals surface area contributed by atoms with E-state index in [1.54, 1.807) is 0 Å². The van der Waals surface area contributed by atoms with E-state index < -0.39 is 0 Å². The van der Waals surface area contributed by atoms with Gasteiger partial charge in [0.2, 0.25) is 0 Å². The van der Waals surface area contributed by atoms with Crippen molar-refractivity contribution >= 4 is 12.4 Å². The van der Waals surface area contributed by atoms with Gasteiger partial charge < -0.3 is 5.73 Å². The van der Waals surface area contributed by atoms with E-state index in [4.69, 9.17) is 5.73 Å². The van der Waals surface area contributed by atoms with Gasteiger partial charge in [0, 0.05) is 6.04 Å². The van der Waals surface area contributed by atoms with E-state index in [0.29, 0.717) is 6.04 Å². The number of halogens is 1. The highest BCUT2D eigenvalue weighted by atomic mass is 35.5. The highest BCUT2D eigenvalue weighted by Crippen LogP contribution is 2.39. The molecule has 2 heteroatoms. The molecule has 2 N–H and O–H groups in total. The first-order chi connectivity index (χ1) is 3.22. The Morgan fingerprint density at radius 3 is 2.00 bits per heavy atom. The minimum Gasteiger partial charge on any atom is -0.328 e. The first kappa shape index (κ1) is 8.25. The van der Waals surface area contributed by atoms with Crippen LogP contribution in [-0.4, -0.2) is 6.04 Å². The Labute approximate surface area is 57.1 Å². The van der Waals surface area contributed by atoms with Crippen molar-refractivity contribution in [1.82, 2.24) is 0 Å². The van der Waals surface area contributed by atoms with Crippen LogP contribution >= 0.6 is 12.4 Å². The van der Waals surface area contributed by atoms with Crippen molar-refractivity contribution in [3.63, 3.8) is 0 Å². The van der Waals surface area contributed by atoms with Crippen molar-refractivity contribution in [1.29, 1.82) is 0 Å². The van der Waals surface area contributed by atoms with Gasteiger partial charge in [0.15, 0.2) is 0 Å². The summed E-state index contributed by atoms with van der Waals surface area (Å²) in [5.74, 6) is 1.76. The molecule has 0 radical (unpaired) electrons. The summed E-state index contributed by atoms with van der Waals surface area (Å²) in [7, 11) is 0. The van der Waals surface area contributed by atoms with E-state index in [-0.39, 0.29) is 12.4 Å². The zero-order chi connectivity index (χ0) is 5.44. The van der Waals surface area contributed by atoms with Gasteiger partial charge >= 0.3 is 0 Å². The van der Waals surface area contributed by atoms with Gasteiger partial charge in [-0.2, -0.15) is 0 Å². The number of hydrogen-bond donors (Lipinski definition) is 1. The monoisotopic (exact) mass is 135 g/mol. The Hall–Kier alpha value is 0.250. The maximum atomic E-state index is 5.59. The second kappa shape index (κ2) is 2.70. The van der Waals surface area contributed by atoms with Crippen LogP contribution in [0.2, 0.25) is 0 Å². The molecule has 0 spiro atoms. The topological polar surface area (TPSA) is 26.0 Å². The van der Waals surface area contributed by atoms with E-state index in [0.717, 1.165) is 11.8 Å². The summed E-state index contributed by atoms with van der Waals surface area (Å²) >= 11 is 0. The quantitative estimate of drug-likeness (QED) is 0.578. The van der Waals surface area contributed by atoms with Gasteiger partial charge in [0.1, 0.15) is 0 Å². The van der Waals surface area contributed by atoms with Gasteiger partial charge in [0.05, 0.1) is 0 Å². The number of nitrogens with two attached hydrogens (primary N) is 1. The van der Waals surface area contributed by atoms with Crippen LogP contribution in [0, 0.1) is 11.8 Å². The maximum absolute atomic E-state index is 5.59. The van der Waals surface area contributed by atoms with Crippen LogP contribution < -0.4 is 5.73 Å². The van der Waals surface area contributed by atoms with Gasteiger partial charge in [-0.1, -0.05) is 6.92 Å². The minimum absolute atomic E-state index is 0. The molecule has 8 heavy (non-hydrogen) atoms. The molecule has 0 saturated heterocycles. The molecule has 1 aliphatic carbocycles. The van der Waals surface area contributed by atoms with Crippen molar-refractivity contribution in [3.05, 3.63) is 0 Å². The lowest BCUT2D eigenvalue weighted by Crippen LogP contribution is -2.17. The Morgan fingerprint density at radius 2 is 2.00 bits per heavy atom. The molecule has 0 aromatic rings. The van der Waals surface area contributed by atoms with Crippen LogP contribution in [0.3, 0.4) is 0 Å². The smallest absolute Gasteiger partial charge is 0.00414 e. The lowest BCUT2D eigenvalue weighted by molar-refractivity contribution is 0.608. The fourth-order valence-corrected chi connectivity index (χ4v) is 1.08. The SMILES string of the molecule is C[C@H](N)[C@H]1C[C@@H]1C.Cl. The molecule has 0 bridgehead atoms. The molecule has 1 saturated carbocycles. The van der Waals surface area contributed by atoms with Crippen molar-refractivity contribution in [2.45, 2.75) is 26.3 Å². The van der Waals surface area contributed by atoms with Gasteiger partial charge in [-0.3, -0.25) is 0 Å². The molecule has 3 atom stereocenters. The third kappa shape index (κ3) is 1.64. The summed E-state index contributed by atoms with van der Waals surface area (Å²) in [6, 6.07) is 0.440. The van der Waals surface area contributed by atoms with E-state index >= 15 is 0 Å². The van der Waals surface area contributed by atoms with Crippen LogP contribution in [0.15, 0.2) is 0 Å². The predicted octanol–water partition coefficient (Wildman–Crippen LogP) is 1.41. The molecule has 50 valence electrons. The Bertz CT molecular complexity index is 72.9. The second-order valence-electron chi connectivity index (χ2n) is 2.74. The minimum atomic E-state index is 0. The Balaban J connectivity index is 0.000000490. The molecule has 0 heterocycles. The molecule has 1 aliphatic rings. The zero-order valence-corrected chi connectivity index (χ0v) is 6.24. The van der Waals surface area contributed by atoms with Crippen molar-refractivity contribution in [3.8, 4) is 0 Å². The van der Waals surface area contributed by atoms with Crippen molar-refractivity contribution < 1.29 is 0 Å². The molecule has 0 amide bonds. The van der Waals surface area contributed by atoms with Crippen molar-refractivity contribution in [2.75, 3.05) is 0 Å². The third-order valence-electron chi connectivity index (χ3n) is 1.85. The molecule has 1 rings (SSSR count). The van der Waals surface area contributed by atoms with Crippen molar-refractivity contribution in [2.24, 2.45) is 17.6 Å². The standard InChI is InChI=1S/C6H13N.ClH/c1-4-3-6(4)5(2)7;/h4-6H,3,7H2,1-2H3;1H/t4-,5-,6-;/m0./s1. The summed E-state index contributed by atoms with van der Waals surface area (Å²) in [6.07, 6.45) is 1.36. The van der Waals surface area contributed by atoms with Crippen LogP contribution in [0.4, 0.5) is 0 Å². The predicted molar refractivity (Wildman–Crippen MR) is 38.2 cm³/mol. The first-order valence-corrected chi connectivity index (χ1v) is 2.97. The zero-order valence-electron chi connectivity index (χ0n) is 5.42. The third-order valence-corrected chi connectivity index (χ3v) is 1.85. The number of rotatable bonds is 1. The summed E-state index contributed by atoms with van der Waals surface area (Å²) < 4.78 is 0. The molecule has 1 nitrogen and oxygen atoms in total. The Morgan fingerprint density at radius 1 is 1.62 bits per heavy atom. The lowest BCUT2D eigenvalue weighted by atomic mass is 10.2. The van der Waals surface area contributed by atoms with Crippen LogP contribution in [-0.2, 0) is 0 Å². The summed E-state index contributed by atoms with van der Waals surface area (Å²) in [4.78, 5) is 0. The van der Waals surface area contributed by atoms with Gasteiger partial charge in [-0.15, -0.1) is 12.4 Å². The van der Waals surface area contributed by atoms with Gasteiger partial charge in [-0.05, 0) is 25.2 Å². The van der Waals surface area contributed by atoms with Crippen LogP contribution in [0.5, 0.6) is 0 Å². The Kier molecular flexibility index (Phi) is 2.78. The molecular formula is C6H14ClN. The normalized spacial score (nSPS) is 37.9. The summed E-state index contributed by atoms with van der Waals surface area (Å²) in [5, 5.41) is 0. The average Bonchev–Trinajstić information content (AvgIpc) is 2.17.